The number of para-hydroxylation sites is 1. The van der Waals surface area contributed by atoms with Crippen molar-refractivity contribution in [2.45, 2.75) is 6.92 Å². The summed E-state index contributed by atoms with van der Waals surface area (Å²) in [5.74, 6) is -0.737. The summed E-state index contributed by atoms with van der Waals surface area (Å²) in [7, 11) is 0. The number of benzene rings is 1. The molecule has 0 aliphatic rings. The van der Waals surface area contributed by atoms with Crippen molar-refractivity contribution in [1.29, 1.82) is 0 Å². The first kappa shape index (κ1) is 14.9. The average molecular weight is 320 g/mol. The number of anilines is 1. The number of esters is 1. The number of rotatable bonds is 7. The van der Waals surface area contributed by atoms with Crippen molar-refractivity contribution in [3.63, 3.8) is 0 Å². The Morgan fingerprint density at radius 1 is 1.50 bits per heavy atom. The van der Waals surface area contributed by atoms with Gasteiger partial charge in [-0.05, 0) is 35.0 Å². The zero-order valence-electron chi connectivity index (χ0n) is 10.0. The summed E-state index contributed by atoms with van der Waals surface area (Å²) in [6.45, 7) is 2.67. The van der Waals surface area contributed by atoms with Crippen LogP contribution in [0.25, 0.3) is 0 Å². The van der Waals surface area contributed by atoms with Crippen LogP contribution in [0.5, 0.6) is 0 Å². The van der Waals surface area contributed by atoms with E-state index < -0.39 is 5.97 Å². The van der Waals surface area contributed by atoms with Crippen LogP contribution < -0.4 is 5.32 Å². The molecule has 18 heavy (non-hydrogen) atoms. The molecule has 100 valence electrons. The summed E-state index contributed by atoms with van der Waals surface area (Å²) in [4.78, 5) is 10.9. The summed E-state index contributed by atoms with van der Waals surface area (Å²) in [6, 6.07) is 4.72. The smallest absolute Gasteiger partial charge is 0.332 e. The van der Waals surface area contributed by atoms with Gasteiger partial charge in [-0.15, -0.1) is 0 Å². The van der Waals surface area contributed by atoms with Crippen molar-refractivity contribution >= 4 is 27.6 Å². The first-order valence-electron chi connectivity index (χ1n) is 5.56. The summed E-state index contributed by atoms with van der Waals surface area (Å²) in [5, 5.41) is 2.89. The molecule has 0 heterocycles. The van der Waals surface area contributed by atoms with E-state index in [-0.39, 0.29) is 12.4 Å². The van der Waals surface area contributed by atoms with Gasteiger partial charge in [-0.25, -0.2) is 9.18 Å². The zero-order valence-corrected chi connectivity index (χ0v) is 11.6. The molecular formula is C12H15BrFNO3. The standard InChI is InChI=1S/C12H15BrFNO3/c1-2-18-11(16)8-17-7-6-15-12-9(13)4-3-5-10(12)14/h3-5,15H,2,6-8H2,1H3. The van der Waals surface area contributed by atoms with E-state index in [1.165, 1.54) is 6.07 Å². The van der Waals surface area contributed by atoms with E-state index in [0.29, 0.717) is 29.9 Å². The molecule has 0 saturated carbocycles. The Labute approximate surface area is 114 Å². The van der Waals surface area contributed by atoms with Gasteiger partial charge in [-0.3, -0.25) is 0 Å². The Morgan fingerprint density at radius 3 is 2.94 bits per heavy atom. The maximum atomic E-state index is 13.4. The summed E-state index contributed by atoms with van der Waals surface area (Å²) >= 11 is 3.24. The van der Waals surface area contributed by atoms with Gasteiger partial charge in [0.05, 0.1) is 18.9 Å². The number of ether oxygens (including phenoxy) is 2. The van der Waals surface area contributed by atoms with E-state index in [4.69, 9.17) is 9.47 Å². The van der Waals surface area contributed by atoms with Crippen molar-refractivity contribution < 1.29 is 18.7 Å². The van der Waals surface area contributed by atoms with Crippen molar-refractivity contribution in [1.82, 2.24) is 0 Å². The van der Waals surface area contributed by atoms with E-state index in [0.717, 1.165) is 0 Å². The second kappa shape index (κ2) is 8.05. The molecule has 0 fully saturated rings. The SMILES string of the molecule is CCOC(=O)COCCNc1c(F)cccc1Br. The van der Waals surface area contributed by atoms with Crippen LogP contribution in [-0.2, 0) is 14.3 Å². The molecule has 4 nitrogen and oxygen atoms in total. The van der Waals surface area contributed by atoms with Gasteiger partial charge >= 0.3 is 5.97 Å². The largest absolute Gasteiger partial charge is 0.464 e. The molecule has 0 bridgehead atoms. The van der Waals surface area contributed by atoms with Crippen LogP contribution in [-0.4, -0.2) is 32.3 Å². The Morgan fingerprint density at radius 2 is 2.28 bits per heavy atom. The maximum Gasteiger partial charge on any atom is 0.332 e. The van der Waals surface area contributed by atoms with E-state index >= 15 is 0 Å². The first-order chi connectivity index (χ1) is 8.65. The monoisotopic (exact) mass is 319 g/mol. The molecule has 6 heteroatoms. The number of halogens is 2. The third kappa shape index (κ3) is 5.01. The van der Waals surface area contributed by atoms with Gasteiger partial charge in [0.25, 0.3) is 0 Å². The summed E-state index contributed by atoms with van der Waals surface area (Å²) < 4.78 is 23.8. The highest BCUT2D eigenvalue weighted by atomic mass is 79.9. The fourth-order valence-electron chi connectivity index (χ4n) is 1.27. The Bertz CT molecular complexity index is 381. The van der Waals surface area contributed by atoms with E-state index in [2.05, 4.69) is 21.2 Å². The quantitative estimate of drug-likeness (QED) is 0.620. The normalized spacial score (nSPS) is 10.2. The third-order valence-electron chi connectivity index (χ3n) is 2.04. The molecule has 0 atom stereocenters. The molecule has 0 aliphatic heterocycles. The van der Waals surface area contributed by atoms with Crippen LogP contribution in [0.4, 0.5) is 10.1 Å². The fourth-order valence-corrected chi connectivity index (χ4v) is 1.76. The Hall–Kier alpha value is -1.14. The Kier molecular flexibility index (Phi) is 6.67. The highest BCUT2D eigenvalue weighted by molar-refractivity contribution is 9.10. The zero-order chi connectivity index (χ0) is 13.4. The lowest BCUT2D eigenvalue weighted by molar-refractivity contribution is -0.148. The van der Waals surface area contributed by atoms with Crippen LogP contribution in [0, 0.1) is 5.82 Å². The van der Waals surface area contributed by atoms with Crippen molar-refractivity contribution in [2.24, 2.45) is 0 Å². The van der Waals surface area contributed by atoms with Crippen LogP contribution in [0.15, 0.2) is 22.7 Å². The molecule has 0 unspecified atom stereocenters. The molecule has 0 radical (unpaired) electrons. The van der Waals surface area contributed by atoms with Gasteiger partial charge in [-0.2, -0.15) is 0 Å². The van der Waals surface area contributed by atoms with Crippen LogP contribution >= 0.6 is 15.9 Å². The summed E-state index contributed by atoms with van der Waals surface area (Å²) in [5.41, 5.74) is 0.386. The van der Waals surface area contributed by atoms with Gasteiger partial charge in [0.1, 0.15) is 12.4 Å². The topological polar surface area (TPSA) is 47.6 Å². The highest BCUT2D eigenvalue weighted by Crippen LogP contribution is 2.24. The Balaban J connectivity index is 2.24. The highest BCUT2D eigenvalue weighted by Gasteiger charge is 2.05. The van der Waals surface area contributed by atoms with Crippen LogP contribution in [0.3, 0.4) is 0 Å². The number of carbonyl (C=O) groups excluding carboxylic acids is 1. The number of hydrogen-bond acceptors (Lipinski definition) is 4. The molecule has 0 saturated heterocycles. The fraction of sp³-hybridized carbons (Fsp3) is 0.417. The molecule has 1 N–H and O–H groups in total. The minimum atomic E-state index is -0.399. The maximum absolute atomic E-state index is 13.4. The molecule has 1 aromatic rings. The van der Waals surface area contributed by atoms with Gasteiger partial charge in [0, 0.05) is 11.0 Å². The molecule has 0 aromatic heterocycles. The first-order valence-corrected chi connectivity index (χ1v) is 6.35. The van der Waals surface area contributed by atoms with Crippen molar-refractivity contribution in [3.8, 4) is 0 Å². The van der Waals surface area contributed by atoms with E-state index in [9.17, 15) is 9.18 Å². The predicted molar refractivity (Wildman–Crippen MR) is 70.0 cm³/mol. The number of hydrogen-bond donors (Lipinski definition) is 1. The second-order valence-corrected chi connectivity index (χ2v) is 4.24. The van der Waals surface area contributed by atoms with E-state index in [1.54, 1.807) is 19.1 Å². The van der Waals surface area contributed by atoms with Gasteiger partial charge in [0.15, 0.2) is 0 Å². The lowest BCUT2D eigenvalue weighted by Gasteiger charge is -2.09. The third-order valence-corrected chi connectivity index (χ3v) is 2.70. The van der Waals surface area contributed by atoms with Gasteiger partial charge < -0.3 is 14.8 Å². The number of carbonyl (C=O) groups is 1. The predicted octanol–water partition coefficient (Wildman–Crippen LogP) is 2.58. The van der Waals surface area contributed by atoms with Gasteiger partial charge in [-0.1, -0.05) is 6.07 Å². The van der Waals surface area contributed by atoms with Crippen molar-refractivity contribution in [3.05, 3.63) is 28.5 Å². The van der Waals surface area contributed by atoms with Crippen LogP contribution in [0.2, 0.25) is 0 Å². The summed E-state index contributed by atoms with van der Waals surface area (Å²) in [6.07, 6.45) is 0. The lowest BCUT2D eigenvalue weighted by atomic mass is 10.3. The second-order valence-electron chi connectivity index (χ2n) is 3.38. The average Bonchev–Trinajstić information content (AvgIpc) is 2.32. The van der Waals surface area contributed by atoms with E-state index in [1.807, 2.05) is 0 Å². The molecule has 0 amide bonds. The molecule has 1 rings (SSSR count). The van der Waals surface area contributed by atoms with Crippen molar-refractivity contribution in [2.75, 3.05) is 31.7 Å². The minimum Gasteiger partial charge on any atom is -0.464 e. The molecule has 0 spiro atoms. The molecule has 1 aromatic carbocycles. The minimum absolute atomic E-state index is 0.0893. The van der Waals surface area contributed by atoms with Gasteiger partial charge in [0.2, 0.25) is 0 Å². The number of nitrogens with one attached hydrogen (secondary N) is 1. The molecular weight excluding hydrogens is 305 g/mol. The van der Waals surface area contributed by atoms with Crippen LogP contribution in [0.1, 0.15) is 6.92 Å². The molecule has 0 aliphatic carbocycles. The lowest BCUT2D eigenvalue weighted by Crippen LogP contribution is -2.17.